The smallest absolute Gasteiger partial charge is 0.0726 e. The molecule has 84 valence electrons. The molecule has 2 aromatic rings. The Morgan fingerprint density at radius 1 is 1.25 bits per heavy atom. The van der Waals surface area contributed by atoms with Crippen LogP contribution in [0, 0.1) is 3.57 Å². The van der Waals surface area contributed by atoms with Crippen LogP contribution in [0.3, 0.4) is 0 Å². The maximum absolute atomic E-state index is 4.68. The summed E-state index contributed by atoms with van der Waals surface area (Å²) in [6, 6.07) is 8.49. The molecule has 16 heavy (non-hydrogen) atoms. The Balaban J connectivity index is 2.73. The highest BCUT2D eigenvalue weighted by atomic mass is 127. The van der Waals surface area contributed by atoms with Crippen molar-refractivity contribution in [2.24, 2.45) is 0 Å². The van der Waals surface area contributed by atoms with Gasteiger partial charge >= 0.3 is 0 Å². The predicted octanol–water partition coefficient (Wildman–Crippen LogP) is 4.00. The van der Waals surface area contributed by atoms with Gasteiger partial charge in [-0.1, -0.05) is 13.8 Å². The van der Waals surface area contributed by atoms with Crippen molar-refractivity contribution in [3.8, 4) is 0 Å². The number of rotatable bonds is 2. The van der Waals surface area contributed by atoms with Crippen LogP contribution in [0.2, 0.25) is 0 Å². The number of benzene rings is 1. The van der Waals surface area contributed by atoms with Crippen molar-refractivity contribution in [3.63, 3.8) is 0 Å². The Bertz CT molecular complexity index is 521. The number of fused-ring (bicyclic) bond motifs is 1. The highest BCUT2D eigenvalue weighted by Crippen LogP contribution is 2.27. The molecule has 0 aliphatic heterocycles. The molecule has 0 saturated carbocycles. The highest BCUT2D eigenvalue weighted by molar-refractivity contribution is 14.1. The van der Waals surface area contributed by atoms with Crippen LogP contribution in [0.4, 0.5) is 5.69 Å². The fourth-order valence-electron chi connectivity index (χ4n) is 1.72. The summed E-state index contributed by atoms with van der Waals surface area (Å²) in [5.74, 6) is 0.454. The van der Waals surface area contributed by atoms with Gasteiger partial charge in [0.1, 0.15) is 0 Å². The molecular formula is C13H15IN2. The Labute approximate surface area is 110 Å². The quantitative estimate of drug-likeness (QED) is 0.844. The van der Waals surface area contributed by atoms with E-state index in [2.05, 4.69) is 71.0 Å². The minimum atomic E-state index is 0.454. The first kappa shape index (κ1) is 11.6. The molecule has 1 aromatic carbocycles. The van der Waals surface area contributed by atoms with Gasteiger partial charge in [0, 0.05) is 27.4 Å². The number of halogens is 1. The van der Waals surface area contributed by atoms with Crippen molar-refractivity contribution in [1.82, 2.24) is 4.98 Å². The Morgan fingerprint density at radius 2 is 2.00 bits per heavy atom. The van der Waals surface area contributed by atoms with Gasteiger partial charge in [0.05, 0.1) is 5.52 Å². The first-order chi connectivity index (χ1) is 7.61. The van der Waals surface area contributed by atoms with Gasteiger partial charge in [-0.2, -0.15) is 0 Å². The van der Waals surface area contributed by atoms with Crippen molar-refractivity contribution in [2.75, 3.05) is 12.4 Å². The minimum Gasteiger partial charge on any atom is -0.388 e. The van der Waals surface area contributed by atoms with Crippen molar-refractivity contribution < 1.29 is 0 Å². The number of pyridine rings is 1. The minimum absolute atomic E-state index is 0.454. The molecule has 3 heteroatoms. The molecule has 2 nitrogen and oxygen atoms in total. The van der Waals surface area contributed by atoms with Crippen molar-refractivity contribution in [3.05, 3.63) is 33.5 Å². The van der Waals surface area contributed by atoms with E-state index >= 15 is 0 Å². The van der Waals surface area contributed by atoms with Crippen molar-refractivity contribution in [2.45, 2.75) is 19.8 Å². The molecule has 1 N–H and O–H groups in total. The first-order valence-electron chi connectivity index (χ1n) is 5.39. The maximum atomic E-state index is 4.68. The van der Waals surface area contributed by atoms with E-state index in [9.17, 15) is 0 Å². The molecule has 0 spiro atoms. The standard InChI is InChI=1S/C13H15IN2/c1-8(2)12-7-13(15-3)10-6-9(14)4-5-11(10)16-12/h4-8H,1-3H3,(H,15,16). The Hall–Kier alpha value is -0.840. The summed E-state index contributed by atoms with van der Waals surface area (Å²) in [5, 5.41) is 4.44. The SMILES string of the molecule is CNc1cc(C(C)C)nc2ccc(I)cc12. The van der Waals surface area contributed by atoms with Crippen LogP contribution in [0.15, 0.2) is 24.3 Å². The number of nitrogens with one attached hydrogen (secondary N) is 1. The Kier molecular flexibility index (Phi) is 3.33. The number of anilines is 1. The average Bonchev–Trinajstić information content (AvgIpc) is 2.27. The van der Waals surface area contributed by atoms with Crippen LogP contribution in [0.1, 0.15) is 25.5 Å². The third-order valence-electron chi connectivity index (χ3n) is 2.65. The molecule has 0 aliphatic rings. The zero-order chi connectivity index (χ0) is 11.7. The lowest BCUT2D eigenvalue weighted by Gasteiger charge is -2.11. The molecule has 0 aliphatic carbocycles. The number of hydrogen-bond acceptors (Lipinski definition) is 2. The van der Waals surface area contributed by atoms with Crippen LogP contribution in [0.25, 0.3) is 10.9 Å². The van der Waals surface area contributed by atoms with Crippen LogP contribution >= 0.6 is 22.6 Å². The van der Waals surface area contributed by atoms with E-state index < -0.39 is 0 Å². The van der Waals surface area contributed by atoms with Gasteiger partial charge in [0.25, 0.3) is 0 Å². The van der Waals surface area contributed by atoms with Crippen LogP contribution < -0.4 is 5.32 Å². The van der Waals surface area contributed by atoms with E-state index in [0.717, 1.165) is 16.9 Å². The van der Waals surface area contributed by atoms with Gasteiger partial charge in [0.2, 0.25) is 0 Å². The van der Waals surface area contributed by atoms with Crippen LogP contribution in [-0.4, -0.2) is 12.0 Å². The van der Waals surface area contributed by atoms with Gasteiger partial charge in [-0.15, -0.1) is 0 Å². The van der Waals surface area contributed by atoms with E-state index in [1.54, 1.807) is 0 Å². The normalized spacial score (nSPS) is 11.1. The molecule has 0 fully saturated rings. The summed E-state index contributed by atoms with van der Waals surface area (Å²) in [5.41, 5.74) is 3.36. The molecular weight excluding hydrogens is 311 g/mol. The zero-order valence-electron chi connectivity index (χ0n) is 9.71. The lowest BCUT2D eigenvalue weighted by Crippen LogP contribution is -1.98. The topological polar surface area (TPSA) is 24.9 Å². The van der Waals surface area contributed by atoms with E-state index in [-0.39, 0.29) is 0 Å². The van der Waals surface area contributed by atoms with Crippen LogP contribution in [0.5, 0.6) is 0 Å². The molecule has 1 heterocycles. The van der Waals surface area contributed by atoms with E-state index in [0.29, 0.717) is 5.92 Å². The van der Waals surface area contributed by atoms with Crippen molar-refractivity contribution in [1.29, 1.82) is 0 Å². The molecule has 0 atom stereocenters. The van der Waals surface area contributed by atoms with E-state index in [1.165, 1.54) is 8.96 Å². The van der Waals surface area contributed by atoms with Gasteiger partial charge in [-0.3, -0.25) is 4.98 Å². The summed E-state index contributed by atoms with van der Waals surface area (Å²) in [4.78, 5) is 4.68. The number of nitrogens with zero attached hydrogens (tertiary/aromatic N) is 1. The molecule has 0 saturated heterocycles. The largest absolute Gasteiger partial charge is 0.388 e. The van der Waals surface area contributed by atoms with Gasteiger partial charge in [-0.25, -0.2) is 0 Å². The van der Waals surface area contributed by atoms with Gasteiger partial charge in [-0.05, 0) is 52.8 Å². The third-order valence-corrected chi connectivity index (χ3v) is 3.32. The second-order valence-corrected chi connectivity index (χ2v) is 5.41. The highest BCUT2D eigenvalue weighted by Gasteiger charge is 2.07. The second kappa shape index (κ2) is 4.57. The summed E-state index contributed by atoms with van der Waals surface area (Å²) in [6.07, 6.45) is 0. The molecule has 0 amide bonds. The fourth-order valence-corrected chi connectivity index (χ4v) is 2.21. The molecule has 2 rings (SSSR count). The van der Waals surface area contributed by atoms with E-state index in [4.69, 9.17) is 0 Å². The Morgan fingerprint density at radius 3 is 2.62 bits per heavy atom. The fraction of sp³-hybridized carbons (Fsp3) is 0.308. The monoisotopic (exact) mass is 326 g/mol. The molecule has 1 aromatic heterocycles. The molecule has 0 radical (unpaired) electrons. The summed E-state index contributed by atoms with van der Waals surface area (Å²) in [6.45, 7) is 4.33. The first-order valence-corrected chi connectivity index (χ1v) is 6.47. The lowest BCUT2D eigenvalue weighted by atomic mass is 10.1. The average molecular weight is 326 g/mol. The van der Waals surface area contributed by atoms with Crippen molar-refractivity contribution >= 4 is 39.2 Å². The van der Waals surface area contributed by atoms with E-state index in [1.807, 2.05) is 7.05 Å². The van der Waals surface area contributed by atoms with Gasteiger partial charge < -0.3 is 5.32 Å². The molecule has 0 unspecified atom stereocenters. The summed E-state index contributed by atoms with van der Waals surface area (Å²) in [7, 11) is 1.96. The summed E-state index contributed by atoms with van der Waals surface area (Å²) >= 11 is 2.33. The maximum Gasteiger partial charge on any atom is 0.0726 e. The zero-order valence-corrected chi connectivity index (χ0v) is 11.9. The molecule has 0 bridgehead atoms. The predicted molar refractivity (Wildman–Crippen MR) is 78.1 cm³/mol. The van der Waals surface area contributed by atoms with Gasteiger partial charge in [0.15, 0.2) is 0 Å². The second-order valence-electron chi connectivity index (χ2n) is 4.16. The van der Waals surface area contributed by atoms with Crippen LogP contribution in [-0.2, 0) is 0 Å². The number of aromatic nitrogens is 1. The number of hydrogen-bond donors (Lipinski definition) is 1. The lowest BCUT2D eigenvalue weighted by molar-refractivity contribution is 0.830. The summed E-state index contributed by atoms with van der Waals surface area (Å²) < 4.78 is 1.24. The third kappa shape index (κ3) is 2.14.